The molecule has 0 saturated heterocycles. The summed E-state index contributed by atoms with van der Waals surface area (Å²) < 4.78 is 15.5. The zero-order chi connectivity index (χ0) is 13.6. The molecule has 1 aliphatic carbocycles. The number of fused-ring (bicyclic) bond motifs is 1. The molecule has 1 heterocycles. The van der Waals surface area contributed by atoms with Gasteiger partial charge in [-0.25, -0.2) is 4.39 Å². The number of nitrogens with two attached hydrogens (primary N) is 1. The van der Waals surface area contributed by atoms with Crippen LogP contribution in [0.2, 0.25) is 10.0 Å². The van der Waals surface area contributed by atoms with Crippen molar-refractivity contribution in [1.82, 2.24) is 4.57 Å². The molecular formula is C14H13Cl2FN2. The van der Waals surface area contributed by atoms with E-state index in [1.54, 1.807) is 12.1 Å². The molecule has 100 valence electrons. The van der Waals surface area contributed by atoms with Crippen LogP contribution in [0.4, 0.5) is 4.39 Å². The Labute approximate surface area is 120 Å². The van der Waals surface area contributed by atoms with Crippen LogP contribution in [0.1, 0.15) is 30.1 Å². The zero-order valence-corrected chi connectivity index (χ0v) is 11.7. The van der Waals surface area contributed by atoms with Gasteiger partial charge in [-0.15, -0.1) is 0 Å². The minimum Gasteiger partial charge on any atom is -0.324 e. The van der Waals surface area contributed by atoms with Gasteiger partial charge in [0.2, 0.25) is 0 Å². The van der Waals surface area contributed by atoms with E-state index in [0.717, 1.165) is 36.2 Å². The van der Waals surface area contributed by atoms with Gasteiger partial charge in [-0.05, 0) is 43.0 Å². The van der Waals surface area contributed by atoms with E-state index >= 15 is 0 Å². The molecule has 1 aromatic heterocycles. The number of nitrogens with zero attached hydrogens (tertiary/aromatic N) is 1. The summed E-state index contributed by atoms with van der Waals surface area (Å²) >= 11 is 11.7. The third kappa shape index (κ3) is 2.16. The molecule has 0 aliphatic heterocycles. The molecular weight excluding hydrogens is 286 g/mol. The summed E-state index contributed by atoms with van der Waals surface area (Å²) in [6.45, 7) is 0. The summed E-state index contributed by atoms with van der Waals surface area (Å²) in [7, 11) is 0. The van der Waals surface area contributed by atoms with Crippen LogP contribution in [0, 0.1) is 5.82 Å². The predicted molar refractivity (Wildman–Crippen MR) is 75.6 cm³/mol. The van der Waals surface area contributed by atoms with Gasteiger partial charge >= 0.3 is 0 Å². The molecule has 1 atom stereocenters. The van der Waals surface area contributed by atoms with E-state index in [9.17, 15) is 4.39 Å². The van der Waals surface area contributed by atoms with Crippen molar-refractivity contribution in [3.8, 4) is 5.69 Å². The lowest BCUT2D eigenvalue weighted by Crippen LogP contribution is -2.17. The third-order valence-electron chi connectivity index (χ3n) is 3.60. The maximum absolute atomic E-state index is 13.5. The first-order chi connectivity index (χ1) is 9.08. The Morgan fingerprint density at radius 3 is 2.63 bits per heavy atom. The van der Waals surface area contributed by atoms with Crippen LogP contribution in [-0.4, -0.2) is 4.57 Å². The topological polar surface area (TPSA) is 30.9 Å². The van der Waals surface area contributed by atoms with Gasteiger partial charge in [0.1, 0.15) is 0 Å². The van der Waals surface area contributed by atoms with Crippen LogP contribution in [-0.2, 0) is 6.42 Å². The molecule has 0 fully saturated rings. The highest BCUT2D eigenvalue weighted by molar-refractivity contribution is 6.35. The predicted octanol–water partition coefficient (Wildman–Crippen LogP) is 4.26. The minimum absolute atomic E-state index is 0.0325. The summed E-state index contributed by atoms with van der Waals surface area (Å²) in [4.78, 5) is 0. The molecule has 1 aliphatic rings. The molecule has 2 aromatic rings. The summed E-state index contributed by atoms with van der Waals surface area (Å²) in [6.07, 6.45) is 4.96. The molecule has 19 heavy (non-hydrogen) atoms. The lowest BCUT2D eigenvalue weighted by molar-refractivity contribution is 0.560. The normalized spacial score (nSPS) is 18.4. The second-order valence-corrected chi connectivity index (χ2v) is 5.62. The fourth-order valence-corrected chi connectivity index (χ4v) is 3.13. The molecule has 0 spiro atoms. The van der Waals surface area contributed by atoms with E-state index in [4.69, 9.17) is 28.9 Å². The number of benzene rings is 1. The lowest BCUT2D eigenvalue weighted by atomic mass is 9.93. The molecule has 1 unspecified atom stereocenters. The van der Waals surface area contributed by atoms with E-state index in [1.807, 2.05) is 16.8 Å². The summed E-state index contributed by atoms with van der Waals surface area (Å²) in [5.41, 5.74) is 9.19. The van der Waals surface area contributed by atoms with Crippen LogP contribution in [0.15, 0.2) is 24.4 Å². The molecule has 0 radical (unpaired) electrons. The van der Waals surface area contributed by atoms with Crippen molar-refractivity contribution in [3.05, 3.63) is 51.5 Å². The molecule has 5 heteroatoms. The quantitative estimate of drug-likeness (QED) is 0.784. The molecule has 0 bridgehead atoms. The molecule has 0 amide bonds. The first-order valence-corrected chi connectivity index (χ1v) is 6.94. The van der Waals surface area contributed by atoms with E-state index in [2.05, 4.69) is 0 Å². The minimum atomic E-state index is -0.579. The molecule has 0 saturated carbocycles. The first kappa shape index (κ1) is 13.0. The Morgan fingerprint density at radius 2 is 1.95 bits per heavy atom. The molecule has 2 N–H and O–H groups in total. The average molecular weight is 299 g/mol. The van der Waals surface area contributed by atoms with Crippen molar-refractivity contribution in [2.24, 2.45) is 5.73 Å². The van der Waals surface area contributed by atoms with Gasteiger partial charge in [0.25, 0.3) is 0 Å². The zero-order valence-electron chi connectivity index (χ0n) is 10.2. The van der Waals surface area contributed by atoms with E-state index in [1.165, 1.54) is 0 Å². The standard InChI is InChI=1S/C14H13Cl2FN2/c15-10-6-8(7-11(16)14(10)17)19-5-4-9-12(18)2-1-3-13(9)19/h4-7,12H,1-3,18H2. The largest absolute Gasteiger partial charge is 0.324 e. The fraction of sp³-hybridized carbons (Fsp3) is 0.286. The van der Waals surface area contributed by atoms with Crippen molar-refractivity contribution < 1.29 is 4.39 Å². The molecule has 3 rings (SSSR count). The van der Waals surface area contributed by atoms with Crippen molar-refractivity contribution in [1.29, 1.82) is 0 Å². The second kappa shape index (κ2) is 4.82. The smallest absolute Gasteiger partial charge is 0.160 e. The summed E-state index contributed by atoms with van der Waals surface area (Å²) in [5, 5.41) is 0.0649. The number of aromatic nitrogens is 1. The van der Waals surface area contributed by atoms with Gasteiger partial charge in [0.05, 0.1) is 10.0 Å². The van der Waals surface area contributed by atoms with Gasteiger partial charge < -0.3 is 10.3 Å². The SMILES string of the molecule is NC1CCCc2c1ccn2-c1cc(Cl)c(F)c(Cl)c1. The van der Waals surface area contributed by atoms with Crippen LogP contribution in [0.3, 0.4) is 0 Å². The summed E-state index contributed by atoms with van der Waals surface area (Å²) in [6, 6.07) is 5.27. The lowest BCUT2D eigenvalue weighted by Gasteiger charge is -2.21. The highest BCUT2D eigenvalue weighted by Crippen LogP contribution is 2.33. The van der Waals surface area contributed by atoms with Crippen LogP contribution in [0.5, 0.6) is 0 Å². The van der Waals surface area contributed by atoms with E-state index in [-0.39, 0.29) is 16.1 Å². The Kier molecular flexibility index (Phi) is 3.29. The summed E-state index contributed by atoms with van der Waals surface area (Å²) in [5.74, 6) is -0.579. The maximum atomic E-state index is 13.5. The Morgan fingerprint density at radius 1 is 1.26 bits per heavy atom. The van der Waals surface area contributed by atoms with Gasteiger partial charge in [-0.1, -0.05) is 23.2 Å². The highest BCUT2D eigenvalue weighted by Gasteiger charge is 2.21. The number of hydrogen-bond donors (Lipinski definition) is 1. The Hall–Kier alpha value is -1.03. The van der Waals surface area contributed by atoms with Gasteiger partial charge in [-0.2, -0.15) is 0 Å². The number of hydrogen-bond acceptors (Lipinski definition) is 1. The van der Waals surface area contributed by atoms with Crippen molar-refractivity contribution >= 4 is 23.2 Å². The van der Waals surface area contributed by atoms with Crippen molar-refractivity contribution in [3.63, 3.8) is 0 Å². The van der Waals surface area contributed by atoms with Crippen molar-refractivity contribution in [2.45, 2.75) is 25.3 Å². The first-order valence-electron chi connectivity index (χ1n) is 6.18. The third-order valence-corrected chi connectivity index (χ3v) is 4.15. The number of rotatable bonds is 1. The van der Waals surface area contributed by atoms with Crippen molar-refractivity contribution in [2.75, 3.05) is 0 Å². The number of halogens is 3. The maximum Gasteiger partial charge on any atom is 0.160 e. The van der Waals surface area contributed by atoms with E-state index in [0.29, 0.717) is 0 Å². The van der Waals surface area contributed by atoms with Crippen LogP contribution >= 0.6 is 23.2 Å². The monoisotopic (exact) mass is 298 g/mol. The average Bonchev–Trinajstić information content (AvgIpc) is 2.80. The van der Waals surface area contributed by atoms with Gasteiger partial charge in [0.15, 0.2) is 5.82 Å². The second-order valence-electron chi connectivity index (χ2n) is 4.81. The van der Waals surface area contributed by atoms with E-state index < -0.39 is 5.82 Å². The van der Waals surface area contributed by atoms with Crippen LogP contribution in [0.25, 0.3) is 5.69 Å². The molecule has 2 nitrogen and oxygen atoms in total. The Balaban J connectivity index is 2.13. The van der Waals surface area contributed by atoms with Crippen LogP contribution < -0.4 is 5.73 Å². The fourth-order valence-electron chi connectivity index (χ4n) is 2.65. The van der Waals surface area contributed by atoms with Gasteiger partial charge in [0, 0.05) is 23.6 Å². The Bertz CT molecular complexity index is 613. The van der Waals surface area contributed by atoms with Gasteiger partial charge in [-0.3, -0.25) is 0 Å². The molecule has 1 aromatic carbocycles. The highest BCUT2D eigenvalue weighted by atomic mass is 35.5.